The number of hydrogen-bond acceptors (Lipinski definition) is 4. The van der Waals surface area contributed by atoms with Crippen molar-refractivity contribution in [3.63, 3.8) is 0 Å². The fourth-order valence-corrected chi connectivity index (χ4v) is 4.93. The topological polar surface area (TPSA) is 102 Å². The van der Waals surface area contributed by atoms with Gasteiger partial charge in [-0.3, -0.25) is 5.41 Å². The second-order valence-corrected chi connectivity index (χ2v) is 8.24. The average molecular weight is 332 g/mol. The van der Waals surface area contributed by atoms with Gasteiger partial charge in [0, 0.05) is 30.9 Å². The summed E-state index contributed by atoms with van der Waals surface area (Å²) in [5.41, 5.74) is 7.31. The number of nitrogens with two attached hydrogens (primary N) is 1. The summed E-state index contributed by atoms with van der Waals surface area (Å²) in [6.07, 6.45) is 4.98. The summed E-state index contributed by atoms with van der Waals surface area (Å²) in [4.78, 5) is 4.38. The molecule has 1 atom stereocenters. The predicted molar refractivity (Wildman–Crippen MR) is 89.3 cm³/mol. The minimum Gasteiger partial charge on any atom is -0.384 e. The van der Waals surface area contributed by atoms with E-state index in [1.54, 1.807) is 6.20 Å². The second kappa shape index (κ2) is 6.16. The van der Waals surface area contributed by atoms with Crippen molar-refractivity contribution in [1.29, 1.82) is 5.41 Å². The maximum absolute atomic E-state index is 11.6. The first-order valence-corrected chi connectivity index (χ1v) is 9.39. The van der Waals surface area contributed by atoms with Gasteiger partial charge in [-0.05, 0) is 17.9 Å². The van der Waals surface area contributed by atoms with Gasteiger partial charge in [0.15, 0.2) is 9.84 Å². The van der Waals surface area contributed by atoms with Crippen LogP contribution in [0.15, 0.2) is 36.7 Å². The summed E-state index contributed by atoms with van der Waals surface area (Å²) in [5.74, 6) is 1.61. The van der Waals surface area contributed by atoms with Crippen LogP contribution in [-0.2, 0) is 22.8 Å². The molecule has 0 saturated carbocycles. The highest BCUT2D eigenvalue weighted by molar-refractivity contribution is 7.91. The van der Waals surface area contributed by atoms with Crippen LogP contribution in [0.1, 0.15) is 23.4 Å². The Morgan fingerprint density at radius 2 is 2.17 bits per heavy atom. The van der Waals surface area contributed by atoms with E-state index in [2.05, 4.69) is 4.98 Å². The van der Waals surface area contributed by atoms with E-state index in [4.69, 9.17) is 11.1 Å². The van der Waals surface area contributed by atoms with Crippen LogP contribution in [0.5, 0.6) is 0 Å². The third-order valence-corrected chi connectivity index (χ3v) is 6.08. The normalized spacial score (nSPS) is 19.7. The van der Waals surface area contributed by atoms with Crippen molar-refractivity contribution in [3.8, 4) is 0 Å². The van der Waals surface area contributed by atoms with Crippen LogP contribution in [0.4, 0.5) is 0 Å². The van der Waals surface area contributed by atoms with Crippen LogP contribution in [0, 0.1) is 11.3 Å². The smallest absolute Gasteiger partial charge is 0.150 e. The lowest BCUT2D eigenvalue weighted by Gasteiger charge is -2.13. The number of hydrogen-bond donors (Lipinski definition) is 2. The lowest BCUT2D eigenvalue weighted by molar-refractivity contribution is 0.551. The fraction of sp³-hybridized carbons (Fsp3) is 0.375. The van der Waals surface area contributed by atoms with E-state index < -0.39 is 9.84 Å². The maximum Gasteiger partial charge on any atom is 0.150 e. The standard InChI is InChI=1S/C16H20N4O2S/c17-16(18)14-4-2-1-3-13(14)10-20-7-6-19-15(20)9-12-5-8-23(21,22)11-12/h1-4,6-7,12H,5,8-11H2,(H3,17,18). The Balaban J connectivity index is 1.78. The van der Waals surface area contributed by atoms with Gasteiger partial charge in [0.1, 0.15) is 11.7 Å². The van der Waals surface area contributed by atoms with Crippen LogP contribution >= 0.6 is 0 Å². The summed E-state index contributed by atoms with van der Waals surface area (Å²) in [7, 11) is -2.87. The molecular formula is C16H20N4O2S. The molecular weight excluding hydrogens is 312 g/mol. The number of imidazole rings is 1. The van der Waals surface area contributed by atoms with Crippen LogP contribution in [0.25, 0.3) is 0 Å². The summed E-state index contributed by atoms with van der Waals surface area (Å²) >= 11 is 0. The Hall–Kier alpha value is -2.15. The zero-order chi connectivity index (χ0) is 16.4. The fourth-order valence-electron chi connectivity index (χ4n) is 3.07. The summed E-state index contributed by atoms with van der Waals surface area (Å²) < 4.78 is 25.2. The van der Waals surface area contributed by atoms with Crippen molar-refractivity contribution in [2.45, 2.75) is 19.4 Å². The third-order valence-electron chi connectivity index (χ3n) is 4.25. The summed E-state index contributed by atoms with van der Waals surface area (Å²) in [5, 5.41) is 7.67. The van der Waals surface area contributed by atoms with E-state index in [-0.39, 0.29) is 23.3 Å². The monoisotopic (exact) mass is 332 g/mol. The molecule has 1 aliphatic rings. The highest BCUT2D eigenvalue weighted by Gasteiger charge is 2.28. The Kier molecular flexibility index (Phi) is 4.21. The molecule has 2 heterocycles. The minimum absolute atomic E-state index is 0.0455. The number of sulfone groups is 1. The molecule has 0 aliphatic carbocycles. The maximum atomic E-state index is 11.6. The number of nitrogen functional groups attached to an aromatic ring is 1. The van der Waals surface area contributed by atoms with Gasteiger partial charge in [-0.1, -0.05) is 24.3 Å². The molecule has 0 spiro atoms. The van der Waals surface area contributed by atoms with E-state index in [9.17, 15) is 8.42 Å². The van der Waals surface area contributed by atoms with Crippen molar-refractivity contribution in [2.24, 2.45) is 11.7 Å². The van der Waals surface area contributed by atoms with Crippen molar-refractivity contribution < 1.29 is 8.42 Å². The Labute approximate surface area is 135 Å². The first kappa shape index (κ1) is 15.7. The lowest BCUT2D eigenvalue weighted by atomic mass is 10.0. The molecule has 1 aliphatic heterocycles. The lowest BCUT2D eigenvalue weighted by Crippen LogP contribution is -2.17. The first-order valence-electron chi connectivity index (χ1n) is 7.57. The molecule has 7 heteroatoms. The molecule has 1 fully saturated rings. The summed E-state index contributed by atoms with van der Waals surface area (Å²) in [6, 6.07) is 7.55. The molecule has 2 aromatic rings. The van der Waals surface area contributed by atoms with Crippen molar-refractivity contribution in [3.05, 3.63) is 53.6 Å². The van der Waals surface area contributed by atoms with Gasteiger partial charge < -0.3 is 10.3 Å². The molecule has 1 unspecified atom stereocenters. The minimum atomic E-state index is -2.87. The SMILES string of the molecule is N=C(N)c1ccccc1Cn1ccnc1CC1CCS(=O)(=O)C1. The molecule has 3 rings (SSSR count). The molecule has 122 valence electrons. The van der Waals surface area contributed by atoms with E-state index >= 15 is 0 Å². The first-order chi connectivity index (χ1) is 10.9. The molecule has 23 heavy (non-hydrogen) atoms. The van der Waals surface area contributed by atoms with Gasteiger partial charge in [0.05, 0.1) is 11.5 Å². The number of amidine groups is 1. The van der Waals surface area contributed by atoms with E-state index in [0.717, 1.165) is 17.0 Å². The van der Waals surface area contributed by atoms with Gasteiger partial charge in [0.25, 0.3) is 0 Å². The van der Waals surface area contributed by atoms with Crippen molar-refractivity contribution in [1.82, 2.24) is 9.55 Å². The van der Waals surface area contributed by atoms with Gasteiger partial charge in [-0.15, -0.1) is 0 Å². The zero-order valence-corrected chi connectivity index (χ0v) is 13.6. The molecule has 0 amide bonds. The van der Waals surface area contributed by atoms with Gasteiger partial charge in [-0.2, -0.15) is 0 Å². The Bertz CT molecular complexity index is 826. The molecule has 1 aromatic heterocycles. The Morgan fingerprint density at radius 1 is 1.39 bits per heavy atom. The zero-order valence-electron chi connectivity index (χ0n) is 12.8. The highest BCUT2D eigenvalue weighted by atomic mass is 32.2. The van der Waals surface area contributed by atoms with Crippen LogP contribution in [0.2, 0.25) is 0 Å². The second-order valence-electron chi connectivity index (χ2n) is 6.02. The largest absolute Gasteiger partial charge is 0.384 e. The van der Waals surface area contributed by atoms with Gasteiger partial charge in [-0.25, -0.2) is 13.4 Å². The molecule has 1 aromatic carbocycles. The van der Waals surface area contributed by atoms with Crippen LogP contribution < -0.4 is 5.73 Å². The number of nitrogens with zero attached hydrogens (tertiary/aromatic N) is 2. The number of benzene rings is 1. The quantitative estimate of drug-likeness (QED) is 0.634. The molecule has 3 N–H and O–H groups in total. The number of nitrogens with one attached hydrogen (secondary N) is 1. The van der Waals surface area contributed by atoms with E-state index in [1.807, 2.05) is 35.0 Å². The third kappa shape index (κ3) is 3.61. The van der Waals surface area contributed by atoms with E-state index in [1.165, 1.54) is 0 Å². The number of aromatic nitrogens is 2. The van der Waals surface area contributed by atoms with Crippen molar-refractivity contribution >= 4 is 15.7 Å². The van der Waals surface area contributed by atoms with Crippen LogP contribution in [-0.4, -0.2) is 35.3 Å². The molecule has 0 radical (unpaired) electrons. The molecule has 0 bridgehead atoms. The summed E-state index contributed by atoms with van der Waals surface area (Å²) in [6.45, 7) is 0.574. The van der Waals surface area contributed by atoms with Crippen LogP contribution in [0.3, 0.4) is 0 Å². The molecule has 1 saturated heterocycles. The van der Waals surface area contributed by atoms with E-state index in [0.29, 0.717) is 19.4 Å². The Morgan fingerprint density at radius 3 is 2.87 bits per heavy atom. The highest BCUT2D eigenvalue weighted by Crippen LogP contribution is 2.22. The van der Waals surface area contributed by atoms with Gasteiger partial charge >= 0.3 is 0 Å². The van der Waals surface area contributed by atoms with Gasteiger partial charge in [0.2, 0.25) is 0 Å². The predicted octanol–water partition coefficient (Wildman–Crippen LogP) is 1.19. The van der Waals surface area contributed by atoms with Crippen molar-refractivity contribution in [2.75, 3.05) is 11.5 Å². The molecule has 6 nitrogen and oxygen atoms in total. The number of rotatable bonds is 5. The average Bonchev–Trinajstić information content (AvgIpc) is 3.06.